The second-order valence-electron chi connectivity index (χ2n) is 0. The van der Waals surface area contributed by atoms with Crippen molar-refractivity contribution in [3.63, 3.8) is 0 Å². The van der Waals surface area contributed by atoms with Crippen molar-refractivity contribution < 1.29 is 37.2 Å². The van der Waals surface area contributed by atoms with Crippen LogP contribution in [0.5, 0.6) is 0 Å². The van der Waals surface area contributed by atoms with Gasteiger partial charge in [0.25, 0.3) is 0 Å². The van der Waals surface area contributed by atoms with Crippen LogP contribution >= 0.6 is 0 Å². The summed E-state index contributed by atoms with van der Waals surface area (Å²) in [6, 6.07) is 0. The molecular weight excluding hydrogens is 204 g/mol. The zero-order valence-corrected chi connectivity index (χ0v) is 5.32. The molecule has 0 fully saturated rings. The minimum atomic E-state index is 0. The zero-order valence-electron chi connectivity index (χ0n) is 1.73. The summed E-state index contributed by atoms with van der Waals surface area (Å²) in [6.07, 6.45) is 0. The van der Waals surface area contributed by atoms with Gasteiger partial charge in [-0.25, -0.2) is 0 Å². The summed E-state index contributed by atoms with van der Waals surface area (Å²) in [7, 11) is 0. The van der Waals surface area contributed by atoms with Gasteiger partial charge in [-0.15, -0.1) is 0 Å². The van der Waals surface area contributed by atoms with Crippen LogP contribution in [-0.4, -0.2) is 19.4 Å². The summed E-state index contributed by atoms with van der Waals surface area (Å²) < 4.78 is 0. The summed E-state index contributed by atoms with van der Waals surface area (Å²) in [5, 5.41) is 0. The monoisotopic (exact) mass is 204 g/mol. The predicted molar refractivity (Wildman–Crippen MR) is 11.5 cm³/mol. The van der Waals surface area contributed by atoms with E-state index in [4.69, 9.17) is 0 Å². The summed E-state index contributed by atoms with van der Waals surface area (Å²) in [4.78, 5) is 0. The molecule has 0 aromatic rings. The van der Waals surface area contributed by atoms with E-state index in [0.717, 1.165) is 0 Å². The molecule has 0 amide bonds. The van der Waals surface area contributed by atoms with Crippen LogP contribution in [0.4, 0.5) is 0 Å². The van der Waals surface area contributed by atoms with E-state index in [0.29, 0.717) is 0 Å². The van der Waals surface area contributed by atoms with Crippen LogP contribution in [0.3, 0.4) is 0 Å². The van der Waals surface area contributed by atoms with Crippen LogP contribution in [0.25, 0.3) is 0 Å². The molecule has 0 nitrogen and oxygen atoms in total. The Hall–Kier alpha value is 1.45. The summed E-state index contributed by atoms with van der Waals surface area (Å²) in [5.74, 6) is 0. The number of rotatable bonds is 0. The van der Waals surface area contributed by atoms with Gasteiger partial charge < -0.3 is 0 Å². The SMILES string of the molecule is [B].[Co].[Pd].[Si]. The minimum absolute atomic E-state index is 0. The summed E-state index contributed by atoms with van der Waals surface area (Å²) in [6.45, 7) is 0. The number of hydrogen-bond acceptors (Lipinski definition) is 0. The van der Waals surface area contributed by atoms with Crippen molar-refractivity contribution >= 4 is 19.4 Å². The van der Waals surface area contributed by atoms with Crippen molar-refractivity contribution in [3.05, 3.63) is 0 Å². The first-order chi connectivity index (χ1) is 0. The molecule has 0 aromatic heterocycles. The van der Waals surface area contributed by atoms with Crippen LogP contribution in [0.2, 0.25) is 0 Å². The van der Waals surface area contributed by atoms with Gasteiger partial charge in [0.15, 0.2) is 0 Å². The molecule has 8 radical (unpaired) electrons. The number of hydrogen-bond donors (Lipinski definition) is 0. The molecular formula is BCoPdSi. The molecule has 0 rings (SSSR count). The van der Waals surface area contributed by atoms with Crippen LogP contribution in [0.1, 0.15) is 0 Å². The van der Waals surface area contributed by atoms with Gasteiger partial charge in [0.2, 0.25) is 0 Å². The Morgan fingerprint density at radius 1 is 1.00 bits per heavy atom. The molecule has 0 bridgehead atoms. The molecule has 0 N–H and O–H groups in total. The van der Waals surface area contributed by atoms with Crippen LogP contribution < -0.4 is 0 Å². The Bertz CT molecular complexity index is 8.00. The molecule has 0 heterocycles. The van der Waals surface area contributed by atoms with Crippen molar-refractivity contribution in [1.82, 2.24) is 0 Å². The van der Waals surface area contributed by atoms with Gasteiger partial charge in [-0.1, -0.05) is 0 Å². The Kier molecular flexibility index (Phi) is 323. The smallest absolute Gasteiger partial charge is 0 e. The maximum atomic E-state index is 0. The Balaban J connectivity index is 0. The fourth-order valence-electron chi connectivity index (χ4n) is 0. The normalized spacial score (nSPS) is 0. The van der Waals surface area contributed by atoms with E-state index in [-0.39, 0.29) is 56.6 Å². The van der Waals surface area contributed by atoms with E-state index in [1.807, 2.05) is 0 Å². The Morgan fingerprint density at radius 2 is 1.00 bits per heavy atom. The molecule has 0 aliphatic rings. The fraction of sp³-hybridized carbons (Fsp3) is 0. The zero-order chi connectivity index (χ0) is 0. The molecule has 0 spiro atoms. The standard InChI is InChI=1S/B.Co.Pd.Si. The summed E-state index contributed by atoms with van der Waals surface area (Å²) >= 11 is 0. The molecule has 0 aliphatic heterocycles. The third kappa shape index (κ3) is 9.85. The molecule has 0 atom stereocenters. The van der Waals surface area contributed by atoms with Gasteiger partial charge in [0.1, 0.15) is 0 Å². The van der Waals surface area contributed by atoms with Crippen molar-refractivity contribution in [2.45, 2.75) is 0 Å². The first-order valence-electron chi connectivity index (χ1n) is 0. The van der Waals surface area contributed by atoms with Crippen molar-refractivity contribution in [1.29, 1.82) is 0 Å². The average Bonchev–Trinajstić information content (AvgIpc) is 0. The quantitative estimate of drug-likeness (QED) is 0.455. The van der Waals surface area contributed by atoms with E-state index in [9.17, 15) is 0 Å². The molecule has 0 aromatic carbocycles. The van der Waals surface area contributed by atoms with Crippen LogP contribution in [0, 0.1) is 0 Å². The molecule has 26 valence electrons. The van der Waals surface area contributed by atoms with Crippen LogP contribution in [0.15, 0.2) is 0 Å². The van der Waals surface area contributed by atoms with Crippen molar-refractivity contribution in [3.8, 4) is 0 Å². The van der Waals surface area contributed by atoms with Crippen LogP contribution in [-0.2, 0) is 37.2 Å². The predicted octanol–water partition coefficient (Wildman–Crippen LogP) is -0.767. The van der Waals surface area contributed by atoms with Gasteiger partial charge >= 0.3 is 0 Å². The van der Waals surface area contributed by atoms with Crippen molar-refractivity contribution in [2.75, 3.05) is 0 Å². The minimum Gasteiger partial charge on any atom is 0 e. The average molecular weight is 204 g/mol. The van der Waals surface area contributed by atoms with E-state index >= 15 is 0 Å². The van der Waals surface area contributed by atoms with E-state index in [2.05, 4.69) is 0 Å². The maximum absolute atomic E-state index is 0. The fourth-order valence-corrected chi connectivity index (χ4v) is 0. The van der Waals surface area contributed by atoms with E-state index in [1.54, 1.807) is 0 Å². The van der Waals surface area contributed by atoms with Gasteiger partial charge in [-0.2, -0.15) is 0 Å². The third-order valence-corrected chi connectivity index (χ3v) is 0. The second kappa shape index (κ2) is 25.2. The largest absolute Gasteiger partial charge is 0 e. The first-order valence-corrected chi connectivity index (χ1v) is 0. The third-order valence-electron chi connectivity index (χ3n) is 0. The molecule has 0 saturated carbocycles. The molecule has 0 unspecified atom stereocenters. The Labute approximate surface area is 56.6 Å². The van der Waals surface area contributed by atoms with Gasteiger partial charge in [0.05, 0.1) is 0 Å². The Morgan fingerprint density at radius 3 is 1.00 bits per heavy atom. The topological polar surface area (TPSA) is 0 Å². The molecule has 0 aliphatic carbocycles. The van der Waals surface area contributed by atoms with E-state index in [1.165, 1.54) is 0 Å². The van der Waals surface area contributed by atoms with E-state index < -0.39 is 0 Å². The van der Waals surface area contributed by atoms with Gasteiger partial charge in [-0.3, -0.25) is 0 Å². The first kappa shape index (κ1) is 51.3. The maximum Gasteiger partial charge on any atom is 0 e. The van der Waals surface area contributed by atoms with Gasteiger partial charge in [-0.05, 0) is 0 Å². The molecule has 4 heteroatoms. The van der Waals surface area contributed by atoms with Gasteiger partial charge in [0, 0.05) is 56.6 Å². The second-order valence-corrected chi connectivity index (χ2v) is 0. The summed E-state index contributed by atoms with van der Waals surface area (Å²) in [5.41, 5.74) is 0. The molecule has 4 heavy (non-hydrogen) atoms. The molecule has 0 saturated heterocycles. The van der Waals surface area contributed by atoms with Crippen molar-refractivity contribution in [2.24, 2.45) is 0 Å².